The van der Waals surface area contributed by atoms with E-state index in [4.69, 9.17) is 11.6 Å². The summed E-state index contributed by atoms with van der Waals surface area (Å²) in [6, 6.07) is 10.6. The molecule has 2 aromatic rings. The van der Waals surface area contributed by atoms with E-state index in [-0.39, 0.29) is 6.04 Å². The third-order valence-corrected chi connectivity index (χ3v) is 4.68. The van der Waals surface area contributed by atoms with Crippen molar-refractivity contribution in [3.8, 4) is 0 Å². The van der Waals surface area contributed by atoms with Gasteiger partial charge in [0.1, 0.15) is 0 Å². The molecule has 1 aromatic carbocycles. The Labute approximate surface area is 119 Å². The third-order valence-electron chi connectivity index (χ3n) is 2.51. The monoisotopic (exact) mass is 329 g/mol. The molecule has 0 aliphatic heterocycles. The third kappa shape index (κ3) is 3.10. The highest BCUT2D eigenvalue weighted by atomic mass is 79.9. The second-order valence-corrected chi connectivity index (χ2v) is 5.92. The smallest absolute Gasteiger partial charge is 0.0671 e. The molecule has 0 aliphatic carbocycles. The van der Waals surface area contributed by atoms with Crippen molar-refractivity contribution in [3.05, 3.63) is 55.6 Å². The van der Waals surface area contributed by atoms with Crippen LogP contribution in [0.2, 0.25) is 5.02 Å². The first-order valence-electron chi connectivity index (χ1n) is 5.44. The van der Waals surface area contributed by atoms with E-state index in [0.717, 1.165) is 16.0 Å². The minimum atomic E-state index is 0.227. The zero-order valence-electron chi connectivity index (χ0n) is 9.41. The van der Waals surface area contributed by atoms with Gasteiger partial charge in [-0.2, -0.15) is 0 Å². The highest BCUT2D eigenvalue weighted by Gasteiger charge is 2.14. The van der Waals surface area contributed by atoms with E-state index in [2.05, 4.69) is 51.7 Å². The van der Waals surface area contributed by atoms with Crippen LogP contribution in [0.25, 0.3) is 0 Å². The van der Waals surface area contributed by atoms with E-state index in [0.29, 0.717) is 0 Å². The molecule has 1 aromatic heterocycles. The molecule has 0 amide bonds. The molecule has 2 rings (SSSR count). The van der Waals surface area contributed by atoms with Gasteiger partial charge >= 0.3 is 0 Å². The van der Waals surface area contributed by atoms with E-state index in [1.807, 2.05) is 12.1 Å². The Hall–Kier alpha value is -0.350. The van der Waals surface area contributed by atoms with Gasteiger partial charge in [0.25, 0.3) is 0 Å². The number of benzene rings is 1. The first kappa shape index (κ1) is 13.1. The van der Waals surface area contributed by atoms with Gasteiger partial charge in [-0.1, -0.05) is 30.7 Å². The van der Waals surface area contributed by atoms with Gasteiger partial charge in [-0.15, -0.1) is 11.3 Å². The van der Waals surface area contributed by atoms with Gasteiger partial charge < -0.3 is 5.32 Å². The molecule has 0 bridgehead atoms. The van der Waals surface area contributed by atoms with Crippen molar-refractivity contribution in [2.24, 2.45) is 0 Å². The lowest BCUT2D eigenvalue weighted by Crippen LogP contribution is -2.21. The molecular weight excluding hydrogens is 318 g/mol. The minimum Gasteiger partial charge on any atom is -0.306 e. The van der Waals surface area contributed by atoms with E-state index in [1.165, 1.54) is 10.4 Å². The van der Waals surface area contributed by atoms with Gasteiger partial charge in [0.05, 0.1) is 11.1 Å². The first-order valence-corrected chi connectivity index (χ1v) is 7.49. The summed E-state index contributed by atoms with van der Waals surface area (Å²) in [7, 11) is 0. The summed E-state index contributed by atoms with van der Waals surface area (Å²) in [5.74, 6) is 0. The van der Waals surface area contributed by atoms with Crippen LogP contribution in [0.15, 0.2) is 40.2 Å². The van der Waals surface area contributed by atoms with Gasteiger partial charge in [-0.3, -0.25) is 0 Å². The second kappa shape index (κ2) is 6.01. The molecule has 0 radical (unpaired) electrons. The molecule has 1 N–H and O–H groups in total. The molecule has 90 valence electrons. The molecule has 1 unspecified atom stereocenters. The largest absolute Gasteiger partial charge is 0.306 e. The Kier molecular flexibility index (Phi) is 4.62. The summed E-state index contributed by atoms with van der Waals surface area (Å²) in [4.78, 5) is 1.31. The predicted octanol–water partition coefficient (Wildman–Crippen LogP) is 4.86. The fraction of sp³-hybridized carbons (Fsp3) is 0.231. The fourth-order valence-corrected chi connectivity index (χ4v) is 3.00. The van der Waals surface area contributed by atoms with Crippen molar-refractivity contribution in [2.75, 3.05) is 6.54 Å². The zero-order valence-corrected chi connectivity index (χ0v) is 12.6. The van der Waals surface area contributed by atoms with Crippen molar-refractivity contribution < 1.29 is 0 Å². The van der Waals surface area contributed by atoms with Crippen molar-refractivity contribution in [1.82, 2.24) is 5.32 Å². The molecule has 17 heavy (non-hydrogen) atoms. The van der Waals surface area contributed by atoms with E-state index < -0.39 is 0 Å². The minimum absolute atomic E-state index is 0.227. The number of hydrogen-bond donors (Lipinski definition) is 1. The maximum Gasteiger partial charge on any atom is 0.0671 e. The van der Waals surface area contributed by atoms with Crippen molar-refractivity contribution in [2.45, 2.75) is 13.0 Å². The lowest BCUT2D eigenvalue weighted by atomic mass is 10.1. The zero-order chi connectivity index (χ0) is 12.3. The lowest BCUT2D eigenvalue weighted by Gasteiger charge is -2.17. The second-order valence-electron chi connectivity index (χ2n) is 3.68. The molecule has 0 aliphatic rings. The van der Waals surface area contributed by atoms with Gasteiger partial charge in [-0.05, 0) is 51.6 Å². The SMILES string of the molecule is CCNC(c1ccc(Br)c(Cl)c1)c1cccs1. The number of hydrogen-bond acceptors (Lipinski definition) is 2. The maximum absolute atomic E-state index is 6.15. The Bertz CT molecular complexity index is 484. The van der Waals surface area contributed by atoms with E-state index in [9.17, 15) is 0 Å². The summed E-state index contributed by atoms with van der Waals surface area (Å²) in [5, 5.41) is 6.33. The highest BCUT2D eigenvalue weighted by Crippen LogP contribution is 2.30. The summed E-state index contributed by atoms with van der Waals surface area (Å²) >= 11 is 11.3. The highest BCUT2D eigenvalue weighted by molar-refractivity contribution is 9.10. The van der Waals surface area contributed by atoms with Gasteiger partial charge in [0.2, 0.25) is 0 Å². The van der Waals surface area contributed by atoms with Gasteiger partial charge in [-0.25, -0.2) is 0 Å². The Morgan fingerprint density at radius 2 is 2.24 bits per heavy atom. The number of halogens is 2. The van der Waals surface area contributed by atoms with Crippen LogP contribution in [0.1, 0.15) is 23.4 Å². The topological polar surface area (TPSA) is 12.0 Å². The van der Waals surface area contributed by atoms with Gasteiger partial charge in [0.15, 0.2) is 0 Å². The van der Waals surface area contributed by atoms with E-state index in [1.54, 1.807) is 11.3 Å². The van der Waals surface area contributed by atoms with Crippen LogP contribution < -0.4 is 5.32 Å². The molecule has 0 saturated heterocycles. The Morgan fingerprint density at radius 3 is 2.82 bits per heavy atom. The molecule has 4 heteroatoms. The normalized spacial score (nSPS) is 12.6. The van der Waals surface area contributed by atoms with Crippen LogP contribution >= 0.6 is 38.9 Å². The molecule has 0 saturated carbocycles. The summed E-state index contributed by atoms with van der Waals surface area (Å²) in [6.45, 7) is 3.04. The summed E-state index contributed by atoms with van der Waals surface area (Å²) < 4.78 is 0.935. The van der Waals surface area contributed by atoms with Crippen molar-refractivity contribution in [3.63, 3.8) is 0 Å². The van der Waals surface area contributed by atoms with Crippen molar-refractivity contribution in [1.29, 1.82) is 0 Å². The molecule has 1 heterocycles. The molecular formula is C13H13BrClNS. The summed E-state index contributed by atoms with van der Waals surface area (Å²) in [6.07, 6.45) is 0. The molecule has 1 atom stereocenters. The maximum atomic E-state index is 6.15. The molecule has 1 nitrogen and oxygen atoms in total. The predicted molar refractivity (Wildman–Crippen MR) is 79.0 cm³/mol. The average Bonchev–Trinajstić information content (AvgIpc) is 2.83. The van der Waals surface area contributed by atoms with Crippen LogP contribution in [-0.4, -0.2) is 6.54 Å². The number of thiophene rings is 1. The fourth-order valence-electron chi connectivity index (χ4n) is 1.73. The van der Waals surface area contributed by atoms with Crippen LogP contribution in [0.3, 0.4) is 0 Å². The quantitative estimate of drug-likeness (QED) is 0.844. The Morgan fingerprint density at radius 1 is 1.41 bits per heavy atom. The lowest BCUT2D eigenvalue weighted by molar-refractivity contribution is 0.639. The number of rotatable bonds is 4. The van der Waals surface area contributed by atoms with Crippen LogP contribution in [0.4, 0.5) is 0 Å². The van der Waals surface area contributed by atoms with Crippen LogP contribution in [0.5, 0.6) is 0 Å². The van der Waals surface area contributed by atoms with Crippen LogP contribution in [0, 0.1) is 0 Å². The average molecular weight is 331 g/mol. The molecule has 0 spiro atoms. The standard InChI is InChI=1S/C13H13BrClNS/c1-2-16-13(12-4-3-7-17-12)9-5-6-10(14)11(15)8-9/h3-8,13,16H,2H2,1H3. The first-order chi connectivity index (χ1) is 8.22. The Balaban J connectivity index is 2.35. The molecule has 0 fully saturated rings. The number of nitrogens with one attached hydrogen (secondary N) is 1. The van der Waals surface area contributed by atoms with Crippen molar-refractivity contribution >= 4 is 38.9 Å². The van der Waals surface area contributed by atoms with Crippen LogP contribution in [-0.2, 0) is 0 Å². The van der Waals surface area contributed by atoms with Gasteiger partial charge in [0, 0.05) is 9.35 Å². The summed E-state index contributed by atoms with van der Waals surface area (Å²) in [5.41, 5.74) is 1.20. The van der Waals surface area contributed by atoms with E-state index >= 15 is 0 Å².